The van der Waals surface area contributed by atoms with Gasteiger partial charge in [0.2, 0.25) is 5.95 Å². The molecule has 0 aromatic carbocycles. The predicted molar refractivity (Wildman–Crippen MR) is 96.6 cm³/mol. The van der Waals surface area contributed by atoms with Crippen molar-refractivity contribution >= 4 is 5.95 Å². The first-order valence-corrected chi connectivity index (χ1v) is 9.35. The summed E-state index contributed by atoms with van der Waals surface area (Å²) in [5, 5.41) is 6.84. The van der Waals surface area contributed by atoms with Gasteiger partial charge in [0, 0.05) is 31.1 Å². The molecule has 0 atom stereocenters. The molecule has 2 aliphatic heterocycles. The van der Waals surface area contributed by atoms with Crippen LogP contribution in [0.4, 0.5) is 5.95 Å². The maximum absolute atomic E-state index is 6.02. The molecule has 0 radical (unpaired) electrons. The first-order valence-electron chi connectivity index (χ1n) is 9.35. The molecular weight excluding hydrogens is 302 g/mol. The smallest absolute Gasteiger partial charge is 0.223 e. The molecule has 134 valence electrons. The van der Waals surface area contributed by atoms with Crippen LogP contribution in [0.2, 0.25) is 0 Å². The molecule has 0 bridgehead atoms. The molecule has 6 heteroatoms. The van der Waals surface area contributed by atoms with Gasteiger partial charge in [0.1, 0.15) is 0 Å². The van der Waals surface area contributed by atoms with Gasteiger partial charge in [-0.3, -0.25) is 0 Å². The van der Waals surface area contributed by atoms with Crippen LogP contribution < -0.4 is 15.4 Å². The second kappa shape index (κ2) is 8.12. The highest BCUT2D eigenvalue weighted by Crippen LogP contribution is 2.23. The standard InChI is InChI=1S/C18H31N5O/c1-4-16-17(24-12-14-10-23(11-14)13(2)3)9-20-18(22-16)21-15-5-7-19-8-6-15/h9,13-15,19H,4-8,10-12H2,1-3H3,(H,20,21,22). The molecule has 0 amide bonds. The third-order valence-electron chi connectivity index (χ3n) is 5.03. The van der Waals surface area contributed by atoms with E-state index in [1.165, 1.54) is 0 Å². The van der Waals surface area contributed by atoms with Gasteiger partial charge in [-0.1, -0.05) is 6.92 Å². The molecule has 1 aromatic rings. The SMILES string of the molecule is CCc1nc(NC2CCNCC2)ncc1OCC1CN(C(C)C)C1. The van der Waals surface area contributed by atoms with Crippen molar-refractivity contribution in [2.45, 2.75) is 52.1 Å². The lowest BCUT2D eigenvalue weighted by Gasteiger charge is -2.41. The van der Waals surface area contributed by atoms with Crippen molar-refractivity contribution in [3.63, 3.8) is 0 Å². The van der Waals surface area contributed by atoms with E-state index >= 15 is 0 Å². The number of rotatable bonds is 7. The molecule has 2 fully saturated rings. The van der Waals surface area contributed by atoms with Gasteiger partial charge in [0.15, 0.2) is 5.75 Å². The van der Waals surface area contributed by atoms with E-state index in [1.807, 2.05) is 6.20 Å². The first kappa shape index (κ1) is 17.4. The molecule has 1 aromatic heterocycles. The van der Waals surface area contributed by atoms with Crippen LogP contribution in [0.25, 0.3) is 0 Å². The number of aromatic nitrogens is 2. The van der Waals surface area contributed by atoms with E-state index in [1.54, 1.807) is 0 Å². The quantitative estimate of drug-likeness (QED) is 0.795. The number of anilines is 1. The summed E-state index contributed by atoms with van der Waals surface area (Å²) in [6, 6.07) is 1.11. The lowest BCUT2D eigenvalue weighted by Crippen LogP contribution is -2.52. The second-order valence-corrected chi connectivity index (χ2v) is 7.25. The fraction of sp³-hybridized carbons (Fsp3) is 0.778. The summed E-state index contributed by atoms with van der Waals surface area (Å²) >= 11 is 0. The van der Waals surface area contributed by atoms with Crippen LogP contribution in [0.3, 0.4) is 0 Å². The van der Waals surface area contributed by atoms with E-state index in [2.05, 4.69) is 46.3 Å². The lowest BCUT2D eigenvalue weighted by atomic mass is 9.99. The number of hydrogen-bond donors (Lipinski definition) is 2. The van der Waals surface area contributed by atoms with E-state index in [4.69, 9.17) is 4.74 Å². The van der Waals surface area contributed by atoms with Crippen molar-refractivity contribution < 1.29 is 4.74 Å². The highest BCUT2D eigenvalue weighted by molar-refractivity contribution is 5.34. The van der Waals surface area contributed by atoms with Crippen molar-refractivity contribution in [3.8, 4) is 5.75 Å². The molecule has 0 spiro atoms. The third kappa shape index (κ3) is 4.36. The number of likely N-dealkylation sites (tertiary alicyclic amines) is 1. The van der Waals surface area contributed by atoms with Crippen LogP contribution in [0.15, 0.2) is 6.20 Å². The molecular formula is C18H31N5O. The monoisotopic (exact) mass is 333 g/mol. The third-order valence-corrected chi connectivity index (χ3v) is 5.03. The minimum absolute atomic E-state index is 0.472. The molecule has 3 rings (SSSR count). The second-order valence-electron chi connectivity index (χ2n) is 7.25. The van der Waals surface area contributed by atoms with E-state index in [-0.39, 0.29) is 0 Å². The van der Waals surface area contributed by atoms with Crippen LogP contribution in [0.5, 0.6) is 5.75 Å². The van der Waals surface area contributed by atoms with E-state index in [0.717, 1.165) is 69.4 Å². The summed E-state index contributed by atoms with van der Waals surface area (Å²) < 4.78 is 6.02. The number of ether oxygens (including phenoxy) is 1. The molecule has 6 nitrogen and oxygen atoms in total. The average Bonchev–Trinajstić information content (AvgIpc) is 2.55. The largest absolute Gasteiger partial charge is 0.490 e. The summed E-state index contributed by atoms with van der Waals surface area (Å²) in [5.41, 5.74) is 1.00. The summed E-state index contributed by atoms with van der Waals surface area (Å²) in [5.74, 6) is 2.21. The molecule has 3 heterocycles. The average molecular weight is 333 g/mol. The fourth-order valence-electron chi connectivity index (χ4n) is 3.34. The summed E-state index contributed by atoms with van der Waals surface area (Å²) in [6.45, 7) is 11.8. The van der Waals surface area contributed by atoms with Crippen LogP contribution in [0, 0.1) is 5.92 Å². The Morgan fingerprint density at radius 1 is 1.33 bits per heavy atom. The molecule has 2 saturated heterocycles. The Labute approximate surface area is 145 Å². The van der Waals surface area contributed by atoms with Crippen molar-refractivity contribution in [2.75, 3.05) is 38.1 Å². The van der Waals surface area contributed by atoms with Crippen LogP contribution >= 0.6 is 0 Å². The number of piperidine rings is 1. The van der Waals surface area contributed by atoms with Gasteiger partial charge < -0.3 is 20.3 Å². The van der Waals surface area contributed by atoms with Gasteiger partial charge in [-0.2, -0.15) is 0 Å². The summed E-state index contributed by atoms with van der Waals surface area (Å²) in [4.78, 5) is 11.6. The van der Waals surface area contributed by atoms with Crippen molar-refractivity contribution in [1.82, 2.24) is 20.2 Å². The van der Waals surface area contributed by atoms with Crippen LogP contribution in [-0.4, -0.2) is 59.7 Å². The minimum Gasteiger partial charge on any atom is -0.490 e. The zero-order valence-electron chi connectivity index (χ0n) is 15.2. The summed E-state index contributed by atoms with van der Waals surface area (Å²) in [7, 11) is 0. The Hall–Kier alpha value is -1.40. The van der Waals surface area contributed by atoms with Crippen LogP contribution in [-0.2, 0) is 6.42 Å². The van der Waals surface area contributed by atoms with Gasteiger partial charge in [0.25, 0.3) is 0 Å². The number of nitrogens with zero attached hydrogens (tertiary/aromatic N) is 3. The Bertz CT molecular complexity index is 524. The molecule has 24 heavy (non-hydrogen) atoms. The highest BCUT2D eigenvalue weighted by atomic mass is 16.5. The van der Waals surface area contributed by atoms with E-state index in [0.29, 0.717) is 18.0 Å². The minimum atomic E-state index is 0.472. The van der Waals surface area contributed by atoms with E-state index in [9.17, 15) is 0 Å². The summed E-state index contributed by atoms with van der Waals surface area (Å²) in [6.07, 6.45) is 4.95. The van der Waals surface area contributed by atoms with Crippen molar-refractivity contribution in [1.29, 1.82) is 0 Å². The van der Waals surface area contributed by atoms with Gasteiger partial charge in [0.05, 0.1) is 18.5 Å². The fourth-order valence-corrected chi connectivity index (χ4v) is 3.34. The van der Waals surface area contributed by atoms with Crippen molar-refractivity contribution in [2.24, 2.45) is 5.92 Å². The molecule has 2 aliphatic rings. The molecule has 2 N–H and O–H groups in total. The zero-order chi connectivity index (χ0) is 16.9. The Balaban J connectivity index is 1.52. The topological polar surface area (TPSA) is 62.3 Å². The number of aryl methyl sites for hydroxylation is 1. The normalized spacial score (nSPS) is 20.2. The molecule has 0 saturated carbocycles. The van der Waals surface area contributed by atoms with Gasteiger partial charge in [-0.25, -0.2) is 9.97 Å². The molecule has 0 aliphatic carbocycles. The number of hydrogen-bond acceptors (Lipinski definition) is 6. The zero-order valence-corrected chi connectivity index (χ0v) is 15.2. The lowest BCUT2D eigenvalue weighted by molar-refractivity contribution is 0.0371. The Kier molecular flexibility index (Phi) is 5.89. The predicted octanol–water partition coefficient (Wildman–Crippen LogP) is 1.92. The maximum atomic E-state index is 6.02. The van der Waals surface area contributed by atoms with Crippen molar-refractivity contribution in [3.05, 3.63) is 11.9 Å². The maximum Gasteiger partial charge on any atom is 0.223 e. The van der Waals surface area contributed by atoms with Crippen LogP contribution in [0.1, 0.15) is 39.3 Å². The molecule has 0 unspecified atom stereocenters. The Morgan fingerprint density at radius 3 is 2.75 bits per heavy atom. The van der Waals surface area contributed by atoms with Gasteiger partial charge in [-0.05, 0) is 46.2 Å². The van der Waals surface area contributed by atoms with Gasteiger partial charge in [-0.15, -0.1) is 0 Å². The van der Waals surface area contributed by atoms with Gasteiger partial charge >= 0.3 is 0 Å². The number of nitrogens with one attached hydrogen (secondary N) is 2. The Morgan fingerprint density at radius 2 is 2.08 bits per heavy atom. The first-order chi connectivity index (χ1) is 11.7. The van der Waals surface area contributed by atoms with E-state index < -0.39 is 0 Å². The highest BCUT2D eigenvalue weighted by Gasteiger charge is 2.29.